The number of piperazine rings is 1. The Hall–Kier alpha value is -0.0800. The number of hydrogen-bond donors (Lipinski definition) is 1. The molecule has 1 heterocycles. The molecule has 0 bridgehead atoms. The Morgan fingerprint density at radius 2 is 2.27 bits per heavy atom. The lowest BCUT2D eigenvalue weighted by molar-refractivity contribution is 0.157. The van der Waals surface area contributed by atoms with Crippen molar-refractivity contribution in [1.29, 1.82) is 0 Å². The predicted octanol–water partition coefficient (Wildman–Crippen LogP) is 1.08. The van der Waals surface area contributed by atoms with E-state index < -0.39 is 0 Å². The van der Waals surface area contributed by atoms with Gasteiger partial charge in [0.05, 0.1) is 0 Å². The van der Waals surface area contributed by atoms with E-state index in [1.54, 1.807) is 0 Å². The van der Waals surface area contributed by atoms with Crippen molar-refractivity contribution < 1.29 is 0 Å². The fourth-order valence-corrected chi connectivity index (χ4v) is 1.79. The topological polar surface area (TPSA) is 15.3 Å². The second-order valence-electron chi connectivity index (χ2n) is 3.30. The van der Waals surface area contributed by atoms with Crippen LogP contribution in [0.3, 0.4) is 0 Å². The zero-order chi connectivity index (χ0) is 8.10. The third kappa shape index (κ3) is 2.46. The zero-order valence-electron chi connectivity index (χ0n) is 7.77. The van der Waals surface area contributed by atoms with Crippen LogP contribution in [0.1, 0.15) is 26.7 Å². The molecule has 1 fully saturated rings. The first-order chi connectivity index (χ1) is 5.38. The Morgan fingerprint density at radius 3 is 2.91 bits per heavy atom. The maximum atomic E-state index is 3.43. The van der Waals surface area contributed by atoms with Gasteiger partial charge in [-0.3, -0.25) is 4.90 Å². The highest BCUT2D eigenvalue weighted by molar-refractivity contribution is 4.77. The molecule has 0 spiro atoms. The highest BCUT2D eigenvalue weighted by Gasteiger charge is 2.18. The third-order valence-electron chi connectivity index (χ3n) is 2.45. The van der Waals surface area contributed by atoms with E-state index in [1.165, 1.54) is 39.0 Å². The molecule has 0 saturated carbocycles. The first-order valence-electron chi connectivity index (χ1n) is 4.83. The molecule has 66 valence electrons. The molecule has 0 aromatic rings. The normalized spacial score (nSPS) is 27.3. The van der Waals surface area contributed by atoms with Crippen LogP contribution in [-0.4, -0.2) is 37.1 Å². The van der Waals surface area contributed by atoms with Gasteiger partial charge in [-0.1, -0.05) is 13.8 Å². The average molecular weight is 156 g/mol. The van der Waals surface area contributed by atoms with Crippen LogP contribution in [0.5, 0.6) is 0 Å². The highest BCUT2D eigenvalue weighted by Crippen LogP contribution is 2.06. The monoisotopic (exact) mass is 156 g/mol. The molecule has 0 aromatic carbocycles. The van der Waals surface area contributed by atoms with Gasteiger partial charge in [0.2, 0.25) is 0 Å². The molecule has 2 heteroatoms. The SMILES string of the molecule is CCCN1CCNCC1CC. The van der Waals surface area contributed by atoms with E-state index in [-0.39, 0.29) is 0 Å². The van der Waals surface area contributed by atoms with Gasteiger partial charge in [-0.15, -0.1) is 0 Å². The Bertz CT molecular complexity index is 102. The first kappa shape index (κ1) is 9.01. The molecule has 1 rings (SSSR count). The second kappa shape index (κ2) is 4.73. The summed E-state index contributed by atoms with van der Waals surface area (Å²) in [7, 11) is 0. The fourth-order valence-electron chi connectivity index (χ4n) is 1.79. The molecule has 1 unspecified atom stereocenters. The summed E-state index contributed by atoms with van der Waals surface area (Å²) in [6.07, 6.45) is 2.57. The quantitative estimate of drug-likeness (QED) is 0.658. The van der Waals surface area contributed by atoms with Crippen LogP contribution in [0, 0.1) is 0 Å². The van der Waals surface area contributed by atoms with Crippen molar-refractivity contribution in [3.8, 4) is 0 Å². The molecule has 0 aromatic heterocycles. The van der Waals surface area contributed by atoms with Crippen molar-refractivity contribution in [2.75, 3.05) is 26.2 Å². The molecule has 1 aliphatic rings. The minimum atomic E-state index is 0.795. The zero-order valence-corrected chi connectivity index (χ0v) is 7.77. The smallest absolute Gasteiger partial charge is 0.0218 e. The van der Waals surface area contributed by atoms with E-state index in [2.05, 4.69) is 24.1 Å². The van der Waals surface area contributed by atoms with Crippen molar-refractivity contribution in [3.63, 3.8) is 0 Å². The van der Waals surface area contributed by atoms with Crippen LogP contribution in [-0.2, 0) is 0 Å². The molecule has 1 aliphatic heterocycles. The van der Waals surface area contributed by atoms with Crippen molar-refractivity contribution >= 4 is 0 Å². The van der Waals surface area contributed by atoms with Gasteiger partial charge < -0.3 is 5.32 Å². The Morgan fingerprint density at radius 1 is 1.45 bits per heavy atom. The maximum Gasteiger partial charge on any atom is 0.0218 e. The van der Waals surface area contributed by atoms with Crippen molar-refractivity contribution in [3.05, 3.63) is 0 Å². The molecule has 11 heavy (non-hydrogen) atoms. The molecule has 1 saturated heterocycles. The number of rotatable bonds is 3. The van der Waals surface area contributed by atoms with Gasteiger partial charge in [0.15, 0.2) is 0 Å². The van der Waals surface area contributed by atoms with Crippen LogP contribution in [0.4, 0.5) is 0 Å². The standard InChI is InChI=1S/C9H20N2/c1-3-6-11-7-5-10-8-9(11)4-2/h9-10H,3-8H2,1-2H3. The molecule has 2 nitrogen and oxygen atoms in total. The molecule has 1 N–H and O–H groups in total. The third-order valence-corrected chi connectivity index (χ3v) is 2.45. The van der Waals surface area contributed by atoms with Crippen LogP contribution < -0.4 is 5.32 Å². The molecule has 0 amide bonds. The first-order valence-corrected chi connectivity index (χ1v) is 4.83. The average Bonchev–Trinajstić information content (AvgIpc) is 2.06. The van der Waals surface area contributed by atoms with Crippen LogP contribution in [0.2, 0.25) is 0 Å². The van der Waals surface area contributed by atoms with Gasteiger partial charge in [0, 0.05) is 25.7 Å². The van der Waals surface area contributed by atoms with Crippen molar-refractivity contribution in [1.82, 2.24) is 10.2 Å². The van der Waals surface area contributed by atoms with E-state index in [0.29, 0.717) is 0 Å². The van der Waals surface area contributed by atoms with Crippen molar-refractivity contribution in [2.24, 2.45) is 0 Å². The van der Waals surface area contributed by atoms with Gasteiger partial charge in [0.25, 0.3) is 0 Å². The summed E-state index contributed by atoms with van der Waals surface area (Å²) in [6, 6.07) is 0.795. The summed E-state index contributed by atoms with van der Waals surface area (Å²) in [5, 5.41) is 3.43. The number of hydrogen-bond acceptors (Lipinski definition) is 2. The summed E-state index contributed by atoms with van der Waals surface area (Å²) < 4.78 is 0. The van der Waals surface area contributed by atoms with Crippen LogP contribution in [0.25, 0.3) is 0 Å². The second-order valence-corrected chi connectivity index (χ2v) is 3.30. The largest absolute Gasteiger partial charge is 0.314 e. The van der Waals surface area contributed by atoms with E-state index in [1.807, 2.05) is 0 Å². The summed E-state index contributed by atoms with van der Waals surface area (Å²) >= 11 is 0. The van der Waals surface area contributed by atoms with E-state index >= 15 is 0 Å². The highest BCUT2D eigenvalue weighted by atomic mass is 15.2. The van der Waals surface area contributed by atoms with Crippen molar-refractivity contribution in [2.45, 2.75) is 32.7 Å². The van der Waals surface area contributed by atoms with E-state index in [9.17, 15) is 0 Å². The Balaban J connectivity index is 2.31. The lowest BCUT2D eigenvalue weighted by atomic mass is 10.1. The van der Waals surface area contributed by atoms with E-state index in [4.69, 9.17) is 0 Å². The Labute approximate surface area is 70.0 Å². The van der Waals surface area contributed by atoms with E-state index in [0.717, 1.165) is 6.04 Å². The summed E-state index contributed by atoms with van der Waals surface area (Å²) in [5.41, 5.74) is 0. The van der Waals surface area contributed by atoms with Gasteiger partial charge in [-0.25, -0.2) is 0 Å². The fraction of sp³-hybridized carbons (Fsp3) is 1.00. The molecular formula is C9H20N2. The van der Waals surface area contributed by atoms with Crippen LogP contribution in [0.15, 0.2) is 0 Å². The van der Waals surface area contributed by atoms with Crippen LogP contribution >= 0.6 is 0 Å². The molecule has 1 atom stereocenters. The lowest BCUT2D eigenvalue weighted by Gasteiger charge is -2.35. The van der Waals surface area contributed by atoms with Gasteiger partial charge >= 0.3 is 0 Å². The maximum absolute atomic E-state index is 3.43. The number of nitrogens with one attached hydrogen (secondary N) is 1. The predicted molar refractivity (Wildman–Crippen MR) is 48.8 cm³/mol. The molecule has 0 aliphatic carbocycles. The number of nitrogens with zero attached hydrogens (tertiary/aromatic N) is 1. The Kier molecular flexibility index (Phi) is 3.87. The summed E-state index contributed by atoms with van der Waals surface area (Å²) in [6.45, 7) is 9.43. The molecule has 0 radical (unpaired) electrons. The van der Waals surface area contributed by atoms with Gasteiger partial charge in [0.1, 0.15) is 0 Å². The summed E-state index contributed by atoms with van der Waals surface area (Å²) in [5.74, 6) is 0. The lowest BCUT2D eigenvalue weighted by Crippen LogP contribution is -2.50. The van der Waals surface area contributed by atoms with Gasteiger partial charge in [-0.05, 0) is 19.4 Å². The minimum absolute atomic E-state index is 0.795. The molecular weight excluding hydrogens is 136 g/mol. The minimum Gasteiger partial charge on any atom is -0.314 e. The van der Waals surface area contributed by atoms with Gasteiger partial charge in [-0.2, -0.15) is 0 Å². The summed E-state index contributed by atoms with van der Waals surface area (Å²) in [4.78, 5) is 2.61.